The number of hydrogen-bond acceptors (Lipinski definition) is 2. The second-order valence-corrected chi connectivity index (χ2v) is 6.66. The zero-order chi connectivity index (χ0) is 15.6. The van der Waals surface area contributed by atoms with E-state index in [1.807, 2.05) is 18.2 Å². The number of rotatable bonds is 4. The fourth-order valence-electron chi connectivity index (χ4n) is 1.90. The van der Waals surface area contributed by atoms with Crippen molar-refractivity contribution >= 4 is 37.8 Å². The van der Waals surface area contributed by atoms with E-state index in [0.717, 1.165) is 15.8 Å². The second kappa shape index (κ2) is 6.62. The summed E-state index contributed by atoms with van der Waals surface area (Å²) < 4.78 is 7.54. The Hall–Kier alpha value is -1.33. The lowest BCUT2D eigenvalue weighted by molar-refractivity contribution is 0.0697. The van der Waals surface area contributed by atoms with Gasteiger partial charge in [0.05, 0.1) is 10.0 Å². The van der Waals surface area contributed by atoms with Crippen molar-refractivity contribution in [3.8, 4) is 11.5 Å². The lowest BCUT2D eigenvalue weighted by atomic mass is 10.0. The fraction of sp³-hybridized carbons (Fsp3) is 0.188. The Bertz CT molecular complexity index is 681. The average Bonchev–Trinajstić information content (AvgIpc) is 2.42. The van der Waals surface area contributed by atoms with Crippen LogP contribution in [-0.4, -0.2) is 11.1 Å². The van der Waals surface area contributed by atoms with Crippen LogP contribution in [0.25, 0.3) is 0 Å². The third-order valence-electron chi connectivity index (χ3n) is 2.99. The minimum Gasteiger partial charge on any atom is -0.478 e. The van der Waals surface area contributed by atoms with E-state index in [2.05, 4.69) is 45.7 Å². The summed E-state index contributed by atoms with van der Waals surface area (Å²) in [6.45, 7) is 4.19. The van der Waals surface area contributed by atoms with Crippen LogP contribution in [0.4, 0.5) is 0 Å². The molecule has 5 heteroatoms. The monoisotopic (exact) mass is 412 g/mol. The molecule has 0 heterocycles. The zero-order valence-corrected chi connectivity index (χ0v) is 14.7. The van der Waals surface area contributed by atoms with E-state index in [9.17, 15) is 4.79 Å². The summed E-state index contributed by atoms with van der Waals surface area (Å²) in [4.78, 5) is 10.9. The van der Waals surface area contributed by atoms with Gasteiger partial charge in [0.25, 0.3) is 0 Å². The SMILES string of the molecule is CC(C)c1cc(Br)ccc1Oc1ccc(C(=O)O)cc1Br. The first-order valence-electron chi connectivity index (χ1n) is 6.38. The summed E-state index contributed by atoms with van der Waals surface area (Å²) in [6.07, 6.45) is 0. The van der Waals surface area contributed by atoms with Gasteiger partial charge in [-0.3, -0.25) is 0 Å². The molecule has 0 radical (unpaired) electrons. The lowest BCUT2D eigenvalue weighted by Gasteiger charge is -2.15. The molecule has 0 saturated heterocycles. The largest absolute Gasteiger partial charge is 0.478 e. The van der Waals surface area contributed by atoms with Gasteiger partial charge >= 0.3 is 5.97 Å². The highest BCUT2D eigenvalue weighted by atomic mass is 79.9. The summed E-state index contributed by atoms with van der Waals surface area (Å²) in [5, 5.41) is 8.97. The van der Waals surface area contributed by atoms with Gasteiger partial charge in [-0.15, -0.1) is 0 Å². The molecule has 0 aliphatic heterocycles. The molecule has 0 amide bonds. The topological polar surface area (TPSA) is 46.5 Å². The normalized spacial score (nSPS) is 10.7. The molecule has 0 unspecified atom stereocenters. The minimum absolute atomic E-state index is 0.217. The first-order chi connectivity index (χ1) is 9.88. The number of halogens is 2. The summed E-state index contributed by atoms with van der Waals surface area (Å²) >= 11 is 6.81. The van der Waals surface area contributed by atoms with Crippen molar-refractivity contribution in [3.63, 3.8) is 0 Å². The van der Waals surface area contributed by atoms with Gasteiger partial charge in [0, 0.05) is 4.47 Å². The number of carboxylic acid groups (broad SMARTS) is 1. The van der Waals surface area contributed by atoms with E-state index in [1.165, 1.54) is 12.1 Å². The van der Waals surface area contributed by atoms with Crippen LogP contribution in [0.2, 0.25) is 0 Å². The number of carbonyl (C=O) groups is 1. The van der Waals surface area contributed by atoms with Crippen LogP contribution in [0.1, 0.15) is 35.7 Å². The summed E-state index contributed by atoms with van der Waals surface area (Å²) in [7, 11) is 0. The molecule has 0 bridgehead atoms. The molecule has 0 fully saturated rings. The van der Waals surface area contributed by atoms with E-state index >= 15 is 0 Å². The van der Waals surface area contributed by atoms with E-state index in [4.69, 9.17) is 9.84 Å². The number of hydrogen-bond donors (Lipinski definition) is 1. The van der Waals surface area contributed by atoms with Gasteiger partial charge in [-0.2, -0.15) is 0 Å². The van der Waals surface area contributed by atoms with Crippen molar-refractivity contribution in [2.24, 2.45) is 0 Å². The Morgan fingerprint density at radius 3 is 2.33 bits per heavy atom. The molecule has 3 nitrogen and oxygen atoms in total. The average molecular weight is 414 g/mol. The van der Waals surface area contributed by atoms with Crippen LogP contribution < -0.4 is 4.74 Å². The van der Waals surface area contributed by atoms with E-state index in [0.29, 0.717) is 16.1 Å². The van der Waals surface area contributed by atoms with Gasteiger partial charge in [-0.05, 0) is 63.8 Å². The van der Waals surface area contributed by atoms with Crippen LogP contribution in [-0.2, 0) is 0 Å². The Labute approximate surface area is 140 Å². The number of ether oxygens (including phenoxy) is 1. The molecule has 2 rings (SSSR count). The standard InChI is InChI=1S/C16H14Br2O3/c1-9(2)12-8-11(17)4-6-14(12)21-15-5-3-10(16(19)20)7-13(15)18/h3-9H,1-2H3,(H,19,20). The highest BCUT2D eigenvalue weighted by molar-refractivity contribution is 9.10. The molecule has 110 valence electrons. The highest BCUT2D eigenvalue weighted by Gasteiger charge is 2.12. The van der Waals surface area contributed by atoms with Crippen LogP contribution in [0, 0.1) is 0 Å². The van der Waals surface area contributed by atoms with Gasteiger partial charge in [-0.25, -0.2) is 4.79 Å². The molecule has 0 aliphatic carbocycles. The quantitative estimate of drug-likeness (QED) is 0.686. The molecule has 0 spiro atoms. The Balaban J connectivity index is 2.36. The first kappa shape index (κ1) is 16.0. The molecule has 1 N–H and O–H groups in total. The summed E-state index contributed by atoms with van der Waals surface area (Å²) in [6, 6.07) is 10.6. The van der Waals surface area contributed by atoms with Crippen LogP contribution in [0.5, 0.6) is 11.5 Å². The highest BCUT2D eigenvalue weighted by Crippen LogP contribution is 2.36. The maximum Gasteiger partial charge on any atom is 0.335 e. The first-order valence-corrected chi connectivity index (χ1v) is 7.97. The summed E-state index contributed by atoms with van der Waals surface area (Å²) in [5.41, 5.74) is 1.30. The third-order valence-corrected chi connectivity index (χ3v) is 4.11. The molecule has 2 aromatic rings. The van der Waals surface area contributed by atoms with Crippen molar-refractivity contribution in [1.29, 1.82) is 0 Å². The van der Waals surface area contributed by atoms with E-state index in [-0.39, 0.29) is 5.56 Å². The Morgan fingerprint density at radius 2 is 1.76 bits per heavy atom. The van der Waals surface area contributed by atoms with Crippen molar-refractivity contribution in [2.45, 2.75) is 19.8 Å². The zero-order valence-electron chi connectivity index (χ0n) is 11.6. The van der Waals surface area contributed by atoms with Gasteiger partial charge in [0.15, 0.2) is 0 Å². The van der Waals surface area contributed by atoms with Gasteiger partial charge in [0.2, 0.25) is 0 Å². The maximum atomic E-state index is 10.9. The molecule has 0 saturated carbocycles. The Morgan fingerprint density at radius 1 is 1.10 bits per heavy atom. The fourth-order valence-corrected chi connectivity index (χ4v) is 2.74. The molecular weight excluding hydrogens is 400 g/mol. The van der Waals surface area contributed by atoms with Crippen molar-refractivity contribution < 1.29 is 14.6 Å². The van der Waals surface area contributed by atoms with Crippen molar-refractivity contribution in [3.05, 3.63) is 56.5 Å². The molecule has 0 aromatic heterocycles. The smallest absolute Gasteiger partial charge is 0.335 e. The van der Waals surface area contributed by atoms with Gasteiger partial charge in [0.1, 0.15) is 11.5 Å². The van der Waals surface area contributed by atoms with Crippen molar-refractivity contribution in [1.82, 2.24) is 0 Å². The lowest BCUT2D eigenvalue weighted by Crippen LogP contribution is -1.98. The third kappa shape index (κ3) is 3.86. The maximum absolute atomic E-state index is 10.9. The molecule has 21 heavy (non-hydrogen) atoms. The van der Waals surface area contributed by atoms with Crippen LogP contribution in [0.3, 0.4) is 0 Å². The van der Waals surface area contributed by atoms with Crippen molar-refractivity contribution in [2.75, 3.05) is 0 Å². The molecular formula is C16H14Br2O3. The van der Waals surface area contributed by atoms with Crippen LogP contribution in [0.15, 0.2) is 45.3 Å². The predicted octanol–water partition coefficient (Wildman–Crippen LogP) is 5.83. The molecule has 0 atom stereocenters. The minimum atomic E-state index is -0.964. The van der Waals surface area contributed by atoms with E-state index in [1.54, 1.807) is 6.07 Å². The van der Waals surface area contributed by atoms with Gasteiger partial charge < -0.3 is 9.84 Å². The number of benzene rings is 2. The molecule has 0 aliphatic rings. The van der Waals surface area contributed by atoms with E-state index < -0.39 is 5.97 Å². The Kier molecular flexibility index (Phi) is 5.06. The second-order valence-electron chi connectivity index (χ2n) is 4.89. The predicted molar refractivity (Wildman–Crippen MR) is 89.4 cm³/mol. The molecule has 2 aromatic carbocycles. The number of aromatic carboxylic acids is 1. The van der Waals surface area contributed by atoms with Gasteiger partial charge in [-0.1, -0.05) is 29.8 Å². The van der Waals surface area contributed by atoms with Crippen LogP contribution >= 0.6 is 31.9 Å². The number of carboxylic acids is 1. The summed E-state index contributed by atoms with van der Waals surface area (Å²) in [5.74, 6) is 0.699.